The van der Waals surface area contributed by atoms with E-state index in [-0.39, 0.29) is 0 Å². The first-order valence-corrected chi connectivity index (χ1v) is 10.2. The molecule has 0 fully saturated rings. The van der Waals surface area contributed by atoms with Gasteiger partial charge in [-0.25, -0.2) is 0 Å². The van der Waals surface area contributed by atoms with E-state index in [4.69, 9.17) is 9.47 Å². The zero-order valence-electron chi connectivity index (χ0n) is 19.7. The number of benzene rings is 3. The van der Waals surface area contributed by atoms with E-state index in [1.165, 1.54) is 5.56 Å². The topological polar surface area (TPSA) is 18.5 Å². The van der Waals surface area contributed by atoms with Crippen LogP contribution in [0.2, 0.25) is 0 Å². The maximum atomic E-state index is 5.26. The van der Waals surface area contributed by atoms with Crippen molar-refractivity contribution in [3.63, 3.8) is 0 Å². The third kappa shape index (κ3) is 9.17. The third-order valence-corrected chi connectivity index (χ3v) is 4.20. The molecule has 3 aromatic carbocycles. The number of para-hydroxylation sites is 2. The number of ether oxygens (including phenoxy) is 2. The zero-order valence-corrected chi connectivity index (χ0v) is 19.7. The Hall–Kier alpha value is -4.06. The van der Waals surface area contributed by atoms with E-state index in [1.54, 1.807) is 14.2 Å². The Kier molecular flexibility index (Phi) is 12.8. The first-order chi connectivity index (χ1) is 15.6. The van der Waals surface area contributed by atoms with Crippen LogP contribution in [0.4, 0.5) is 0 Å². The van der Waals surface area contributed by atoms with Gasteiger partial charge in [-0.15, -0.1) is 17.8 Å². The minimum Gasteiger partial charge on any atom is -0.495 e. The summed E-state index contributed by atoms with van der Waals surface area (Å²) in [5, 5.41) is 0. The van der Waals surface area contributed by atoms with Gasteiger partial charge in [-0.2, -0.15) is 0 Å². The van der Waals surface area contributed by atoms with E-state index < -0.39 is 0 Å². The van der Waals surface area contributed by atoms with Crippen molar-refractivity contribution >= 4 is 0 Å². The van der Waals surface area contributed by atoms with Gasteiger partial charge in [0, 0.05) is 5.56 Å². The van der Waals surface area contributed by atoms with Crippen LogP contribution in [-0.2, 0) is 0 Å². The highest BCUT2D eigenvalue weighted by Gasteiger charge is 1.97. The molecule has 0 saturated heterocycles. The van der Waals surface area contributed by atoms with Crippen LogP contribution in [0.15, 0.2) is 72.8 Å². The number of hydrogen-bond donors (Lipinski definition) is 0. The maximum Gasteiger partial charge on any atom is 0.134 e. The Labute approximate surface area is 193 Å². The molecule has 2 heteroatoms. The summed E-state index contributed by atoms with van der Waals surface area (Å²) in [6, 6.07) is 23.6. The average molecular weight is 423 g/mol. The van der Waals surface area contributed by atoms with Crippen LogP contribution in [0.5, 0.6) is 11.5 Å². The molecule has 0 aromatic heterocycles. The van der Waals surface area contributed by atoms with Gasteiger partial charge < -0.3 is 9.47 Å². The lowest BCUT2D eigenvalue weighted by atomic mass is 10.1. The SMILES string of the molecule is CC#CC.CC#Cc1ccccc1OC.COc1ccccc1C#Cc1ccccc1C. The molecule has 0 amide bonds. The Bertz CT molecular complexity index is 1150. The predicted molar refractivity (Wildman–Crippen MR) is 135 cm³/mol. The molecule has 0 bridgehead atoms. The molecule has 0 aliphatic heterocycles. The standard InChI is InChI=1S/C16H14O.C10H10O.C4H6/c1-13-7-3-4-8-14(13)11-12-15-9-5-6-10-16(15)17-2;1-3-6-9-7-4-5-8-10(9)11-2;1-3-4-2/h3-10H,1-2H3;4-5,7-8H,1-2H3;1-2H3. The molecule has 0 saturated carbocycles. The summed E-state index contributed by atoms with van der Waals surface area (Å²) in [5.41, 5.74) is 4.10. The van der Waals surface area contributed by atoms with Gasteiger partial charge in [0.2, 0.25) is 0 Å². The molecule has 0 radical (unpaired) electrons. The van der Waals surface area contributed by atoms with Crippen molar-refractivity contribution in [2.75, 3.05) is 14.2 Å². The van der Waals surface area contributed by atoms with Gasteiger partial charge in [0.05, 0.1) is 25.3 Å². The lowest BCUT2D eigenvalue weighted by molar-refractivity contribution is 0.413. The van der Waals surface area contributed by atoms with Gasteiger partial charge >= 0.3 is 0 Å². The minimum absolute atomic E-state index is 0.814. The monoisotopic (exact) mass is 422 g/mol. The summed E-state index contributed by atoms with van der Waals surface area (Å²) in [4.78, 5) is 0. The Morgan fingerprint density at radius 1 is 0.500 bits per heavy atom. The van der Waals surface area contributed by atoms with E-state index in [9.17, 15) is 0 Å². The Morgan fingerprint density at radius 2 is 0.906 bits per heavy atom. The van der Waals surface area contributed by atoms with Crippen LogP contribution in [0.3, 0.4) is 0 Å². The first kappa shape index (κ1) is 26.0. The highest BCUT2D eigenvalue weighted by molar-refractivity contribution is 5.51. The van der Waals surface area contributed by atoms with Crippen molar-refractivity contribution in [1.29, 1.82) is 0 Å². The number of hydrogen-bond acceptors (Lipinski definition) is 2. The molecule has 0 heterocycles. The van der Waals surface area contributed by atoms with Crippen LogP contribution in [0, 0.1) is 42.4 Å². The predicted octanol–water partition coefficient (Wildman–Crippen LogP) is 6.50. The smallest absolute Gasteiger partial charge is 0.134 e. The largest absolute Gasteiger partial charge is 0.495 e. The molecule has 0 spiro atoms. The lowest BCUT2D eigenvalue weighted by Crippen LogP contribution is -1.87. The maximum absolute atomic E-state index is 5.26. The number of rotatable bonds is 2. The lowest BCUT2D eigenvalue weighted by Gasteiger charge is -2.01. The number of aryl methyl sites for hydroxylation is 1. The second-order valence-corrected chi connectivity index (χ2v) is 6.34. The summed E-state index contributed by atoms with van der Waals surface area (Å²) in [6.07, 6.45) is 0. The van der Waals surface area contributed by atoms with Crippen LogP contribution in [0.25, 0.3) is 0 Å². The van der Waals surface area contributed by atoms with Crippen molar-refractivity contribution in [2.24, 2.45) is 0 Å². The van der Waals surface area contributed by atoms with Crippen LogP contribution < -0.4 is 9.47 Å². The van der Waals surface area contributed by atoms with Crippen molar-refractivity contribution in [2.45, 2.75) is 27.7 Å². The summed E-state index contributed by atoms with van der Waals surface area (Å²) < 4.78 is 10.4. The van der Waals surface area contributed by atoms with E-state index in [0.717, 1.165) is 28.2 Å². The molecule has 162 valence electrons. The van der Waals surface area contributed by atoms with Crippen molar-refractivity contribution in [1.82, 2.24) is 0 Å². The third-order valence-electron chi connectivity index (χ3n) is 4.20. The highest BCUT2D eigenvalue weighted by atomic mass is 16.5. The molecule has 2 nitrogen and oxygen atoms in total. The highest BCUT2D eigenvalue weighted by Crippen LogP contribution is 2.16. The first-order valence-electron chi connectivity index (χ1n) is 10.2. The quantitative estimate of drug-likeness (QED) is 0.439. The second kappa shape index (κ2) is 15.7. The van der Waals surface area contributed by atoms with Gasteiger partial charge in [-0.1, -0.05) is 60.2 Å². The fourth-order valence-corrected chi connectivity index (χ4v) is 2.48. The van der Waals surface area contributed by atoms with E-state index in [1.807, 2.05) is 87.5 Å². The van der Waals surface area contributed by atoms with Gasteiger partial charge in [0.1, 0.15) is 11.5 Å². The fraction of sp³-hybridized carbons (Fsp3) is 0.200. The summed E-state index contributed by atoms with van der Waals surface area (Å²) >= 11 is 0. The van der Waals surface area contributed by atoms with E-state index in [0.29, 0.717) is 0 Å². The average Bonchev–Trinajstić information content (AvgIpc) is 2.85. The van der Waals surface area contributed by atoms with Crippen molar-refractivity contribution in [3.8, 4) is 47.0 Å². The van der Waals surface area contributed by atoms with Crippen LogP contribution >= 0.6 is 0 Å². The molecular weight excluding hydrogens is 392 g/mol. The molecule has 0 aliphatic rings. The Morgan fingerprint density at radius 3 is 1.34 bits per heavy atom. The molecule has 3 aromatic rings. The van der Waals surface area contributed by atoms with Gasteiger partial charge in [0.15, 0.2) is 0 Å². The Balaban J connectivity index is 0.000000293. The van der Waals surface area contributed by atoms with E-state index >= 15 is 0 Å². The molecule has 0 aliphatic carbocycles. The normalized spacial score (nSPS) is 8.19. The summed E-state index contributed by atoms with van der Waals surface area (Å²) in [6.45, 7) is 7.51. The second-order valence-electron chi connectivity index (χ2n) is 6.34. The van der Waals surface area contributed by atoms with Gasteiger partial charge in [-0.3, -0.25) is 0 Å². The van der Waals surface area contributed by atoms with E-state index in [2.05, 4.69) is 48.5 Å². The van der Waals surface area contributed by atoms with Gasteiger partial charge in [0.25, 0.3) is 0 Å². The molecule has 0 unspecified atom stereocenters. The molecule has 3 rings (SSSR count). The van der Waals surface area contributed by atoms with Crippen molar-refractivity contribution in [3.05, 3.63) is 95.1 Å². The molecular formula is C30H30O2. The zero-order chi connectivity index (χ0) is 23.6. The molecule has 32 heavy (non-hydrogen) atoms. The fourth-order valence-electron chi connectivity index (χ4n) is 2.48. The van der Waals surface area contributed by atoms with Gasteiger partial charge in [-0.05, 0) is 63.6 Å². The van der Waals surface area contributed by atoms with Crippen LogP contribution in [0.1, 0.15) is 43.0 Å². The number of methoxy groups -OCH3 is 2. The summed E-state index contributed by atoms with van der Waals surface area (Å²) in [7, 11) is 3.31. The molecule has 0 atom stereocenters. The summed E-state index contributed by atoms with van der Waals surface area (Å²) in [5.74, 6) is 19.1. The van der Waals surface area contributed by atoms with Crippen LogP contribution in [-0.4, -0.2) is 14.2 Å². The molecule has 0 N–H and O–H groups in total. The minimum atomic E-state index is 0.814. The van der Waals surface area contributed by atoms with Crippen molar-refractivity contribution < 1.29 is 9.47 Å².